The molecule has 2 atom stereocenters. The molecule has 0 N–H and O–H groups in total. The van der Waals surface area contributed by atoms with Gasteiger partial charge in [-0.2, -0.15) is 0 Å². The van der Waals surface area contributed by atoms with Gasteiger partial charge in [-0.15, -0.1) is 0 Å². The molecule has 2 aromatic heterocycles. The minimum atomic E-state index is 0.289. The van der Waals surface area contributed by atoms with E-state index in [0.717, 1.165) is 96.9 Å². The molecule has 0 saturated carbocycles. The average Bonchev–Trinajstić information content (AvgIpc) is 3.00. The lowest BCUT2D eigenvalue weighted by Gasteiger charge is -2.39. The minimum absolute atomic E-state index is 0.289. The first kappa shape index (κ1) is 28.9. The predicted octanol–water partition coefficient (Wildman–Crippen LogP) is 5.65. The number of nitrogens with zero attached hydrogens (tertiary/aromatic N) is 6. The molecule has 2 aromatic carbocycles. The first-order chi connectivity index (χ1) is 20.4. The fraction of sp³-hybridized carbons (Fsp3) is 0.441. The monoisotopic (exact) mass is 578 g/mol. The van der Waals surface area contributed by atoms with Crippen LogP contribution < -0.4 is 15.3 Å². The fourth-order valence-corrected chi connectivity index (χ4v) is 7.08. The highest BCUT2D eigenvalue weighted by molar-refractivity contribution is 6.36. The number of anilines is 2. The average molecular weight is 579 g/mol. The Morgan fingerprint density at radius 1 is 1.07 bits per heavy atom. The molecular formula is C34H40BClN6. The summed E-state index contributed by atoms with van der Waals surface area (Å²) in [6.45, 7) is 10.2. The van der Waals surface area contributed by atoms with Crippen molar-refractivity contribution in [2.45, 2.75) is 78.0 Å². The fourth-order valence-electron chi connectivity index (χ4n) is 6.80. The van der Waals surface area contributed by atoms with Crippen molar-refractivity contribution in [3.63, 3.8) is 0 Å². The number of benzene rings is 2. The van der Waals surface area contributed by atoms with E-state index >= 15 is 0 Å². The predicted molar refractivity (Wildman–Crippen MR) is 175 cm³/mol. The van der Waals surface area contributed by atoms with Gasteiger partial charge in [0.25, 0.3) is 0 Å². The van der Waals surface area contributed by atoms with Crippen LogP contribution in [0.1, 0.15) is 61.8 Å². The van der Waals surface area contributed by atoms with Crippen LogP contribution in [0.3, 0.4) is 0 Å². The highest BCUT2D eigenvalue weighted by Crippen LogP contribution is 2.37. The summed E-state index contributed by atoms with van der Waals surface area (Å²) in [4.78, 5) is 22.3. The van der Waals surface area contributed by atoms with E-state index in [-0.39, 0.29) is 6.04 Å². The Balaban J connectivity index is 1.39. The molecule has 1 unspecified atom stereocenters. The molecule has 42 heavy (non-hydrogen) atoms. The Bertz CT molecular complexity index is 1590. The first-order valence-corrected chi connectivity index (χ1v) is 15.7. The highest BCUT2D eigenvalue weighted by Gasteiger charge is 2.31. The van der Waals surface area contributed by atoms with Crippen molar-refractivity contribution in [2.24, 2.45) is 0 Å². The number of aryl methyl sites for hydroxylation is 1. The maximum atomic E-state index is 6.75. The molecule has 0 aliphatic carbocycles. The van der Waals surface area contributed by atoms with Crippen molar-refractivity contribution >= 4 is 47.2 Å². The number of hydrogen-bond donors (Lipinski definition) is 0. The van der Waals surface area contributed by atoms with Gasteiger partial charge in [-0.1, -0.05) is 55.2 Å². The summed E-state index contributed by atoms with van der Waals surface area (Å²) in [7, 11) is 8.64. The van der Waals surface area contributed by atoms with Crippen molar-refractivity contribution in [3.8, 4) is 0 Å². The van der Waals surface area contributed by atoms with E-state index in [4.69, 9.17) is 29.4 Å². The van der Waals surface area contributed by atoms with Gasteiger partial charge in [-0.25, -0.2) is 9.97 Å². The van der Waals surface area contributed by atoms with E-state index in [2.05, 4.69) is 71.8 Å². The second kappa shape index (κ2) is 12.2. The zero-order valence-electron chi connectivity index (χ0n) is 25.3. The van der Waals surface area contributed by atoms with Crippen LogP contribution in [0.5, 0.6) is 0 Å². The second-order valence-electron chi connectivity index (χ2n) is 11.9. The molecule has 6 rings (SSSR count). The molecule has 2 aliphatic heterocycles. The van der Waals surface area contributed by atoms with Crippen molar-refractivity contribution in [2.75, 3.05) is 29.9 Å². The molecule has 6 nitrogen and oxygen atoms in total. The smallest absolute Gasteiger partial charge is 0.136 e. The van der Waals surface area contributed by atoms with Gasteiger partial charge in [0.05, 0.1) is 17.3 Å². The molecule has 0 spiro atoms. The summed E-state index contributed by atoms with van der Waals surface area (Å²) in [5, 5.41) is 3.06. The molecule has 8 heteroatoms. The molecular weight excluding hydrogens is 539 g/mol. The zero-order chi connectivity index (χ0) is 29.4. The quantitative estimate of drug-likeness (QED) is 0.252. The first-order valence-electron chi connectivity index (χ1n) is 15.4. The molecule has 2 radical (unpaired) electrons. The number of rotatable bonds is 8. The Kier molecular flexibility index (Phi) is 8.42. The molecule has 0 bridgehead atoms. The lowest BCUT2D eigenvalue weighted by Crippen LogP contribution is -2.43. The summed E-state index contributed by atoms with van der Waals surface area (Å²) in [5.74, 6) is 2.02. The lowest BCUT2D eigenvalue weighted by molar-refractivity contribution is 0.234. The van der Waals surface area contributed by atoms with Gasteiger partial charge >= 0.3 is 0 Å². The summed E-state index contributed by atoms with van der Waals surface area (Å²) < 4.78 is 0. The zero-order valence-corrected chi connectivity index (χ0v) is 26.0. The molecule has 0 saturated heterocycles. The molecule has 216 valence electrons. The Morgan fingerprint density at radius 2 is 1.88 bits per heavy atom. The maximum absolute atomic E-state index is 6.75. The summed E-state index contributed by atoms with van der Waals surface area (Å²) in [5.41, 5.74) is 6.75. The number of fused-ring (bicyclic) bond motifs is 3. The van der Waals surface area contributed by atoms with E-state index in [9.17, 15) is 0 Å². The largest absolute Gasteiger partial charge is 0.365 e. The minimum Gasteiger partial charge on any atom is -0.365 e. The third-order valence-corrected chi connectivity index (χ3v) is 9.70. The highest BCUT2D eigenvalue weighted by atomic mass is 35.5. The van der Waals surface area contributed by atoms with Gasteiger partial charge in [-0.05, 0) is 74.8 Å². The second-order valence-corrected chi connectivity index (χ2v) is 12.3. The normalized spacial score (nSPS) is 17.4. The molecule has 2 aliphatic rings. The Hall–Kier alpha value is -3.16. The molecule has 4 heterocycles. The van der Waals surface area contributed by atoms with Crippen LogP contribution >= 0.6 is 11.6 Å². The van der Waals surface area contributed by atoms with E-state index in [1.807, 2.05) is 18.3 Å². The maximum Gasteiger partial charge on any atom is 0.136 e. The van der Waals surface area contributed by atoms with E-state index in [0.29, 0.717) is 6.04 Å². The number of halogens is 1. The number of pyridine rings is 1. The van der Waals surface area contributed by atoms with Gasteiger partial charge in [0.2, 0.25) is 0 Å². The van der Waals surface area contributed by atoms with Crippen LogP contribution in [-0.4, -0.2) is 59.9 Å². The third kappa shape index (κ3) is 5.49. The lowest BCUT2D eigenvalue weighted by atomic mass is 9.85. The van der Waals surface area contributed by atoms with Crippen molar-refractivity contribution < 1.29 is 0 Å². The van der Waals surface area contributed by atoms with Crippen LogP contribution in [-0.2, 0) is 32.4 Å². The number of hydrogen-bond acceptors (Lipinski definition) is 6. The van der Waals surface area contributed by atoms with Gasteiger partial charge in [0, 0.05) is 60.6 Å². The number of aromatic nitrogens is 3. The SMILES string of the molecule is [B]c1cncc2c1CN(c1nc(CC[C@H](CC)N(C)CC)nc3c1CCN(c1cccc4cccc(Cl)c14)C3)C(C)C2. The van der Waals surface area contributed by atoms with Crippen LogP contribution in [0.25, 0.3) is 10.8 Å². The topological polar surface area (TPSA) is 48.4 Å². The van der Waals surface area contributed by atoms with E-state index < -0.39 is 0 Å². The van der Waals surface area contributed by atoms with Gasteiger partial charge in [0.15, 0.2) is 0 Å². The van der Waals surface area contributed by atoms with Crippen molar-refractivity contribution in [1.82, 2.24) is 19.9 Å². The van der Waals surface area contributed by atoms with Gasteiger partial charge in [0.1, 0.15) is 19.5 Å². The van der Waals surface area contributed by atoms with Crippen molar-refractivity contribution in [3.05, 3.63) is 82.0 Å². The van der Waals surface area contributed by atoms with Gasteiger partial charge < -0.3 is 14.7 Å². The molecule has 0 fully saturated rings. The summed E-state index contributed by atoms with van der Waals surface area (Å²) >= 11 is 6.75. The molecule has 4 aromatic rings. The summed E-state index contributed by atoms with van der Waals surface area (Å²) in [6.07, 6.45) is 8.54. The van der Waals surface area contributed by atoms with Crippen molar-refractivity contribution in [1.29, 1.82) is 0 Å². The van der Waals surface area contributed by atoms with Crippen LogP contribution in [0.4, 0.5) is 11.5 Å². The van der Waals surface area contributed by atoms with Crippen LogP contribution in [0.15, 0.2) is 48.8 Å². The van der Waals surface area contributed by atoms with Crippen LogP contribution in [0, 0.1) is 0 Å². The Labute approximate surface area is 256 Å². The third-order valence-electron chi connectivity index (χ3n) is 9.38. The van der Waals surface area contributed by atoms with Gasteiger partial charge in [-0.3, -0.25) is 4.98 Å². The van der Waals surface area contributed by atoms with Crippen LogP contribution in [0.2, 0.25) is 5.02 Å². The standard InChI is InChI=1S/C34H40BClN6/c1-5-25(40(4)6-2)13-14-32-38-30-21-41(31-12-8-10-23-9-7-11-29(36)33(23)31)16-15-26(30)34(39-32)42-20-27-24(17-22(42)3)18-37-19-28(27)35/h7-12,18-19,22,25H,5-6,13-17,20-21H2,1-4H3/t22?,25-/m0/s1. The summed E-state index contributed by atoms with van der Waals surface area (Å²) in [6, 6.07) is 13.4. The Morgan fingerprint density at radius 3 is 2.67 bits per heavy atom. The van der Waals surface area contributed by atoms with E-state index in [1.54, 1.807) is 6.20 Å². The molecule has 0 amide bonds. The van der Waals surface area contributed by atoms with E-state index in [1.165, 1.54) is 22.4 Å².